The van der Waals surface area contributed by atoms with Crippen LogP contribution in [0.1, 0.15) is 0 Å². The molecule has 0 saturated carbocycles. The topological polar surface area (TPSA) is 75.3 Å². The smallest absolute Gasteiger partial charge is 0.243 e. The van der Waals surface area contributed by atoms with Crippen molar-refractivity contribution < 1.29 is 14.4 Å². The maximum atomic E-state index is 10.9. The fourth-order valence-electron chi connectivity index (χ4n) is 0.470. The summed E-state index contributed by atoms with van der Waals surface area (Å²) < 4.78 is -0.166. The third-order valence-electron chi connectivity index (χ3n) is 1.03. The van der Waals surface area contributed by atoms with Gasteiger partial charge in [0.05, 0.1) is 13.1 Å². The molecule has 0 radical (unpaired) electrons. The maximum absolute atomic E-state index is 10.9. The summed E-state index contributed by atoms with van der Waals surface area (Å²) in [5.74, 6) is -0.823. The van der Waals surface area contributed by atoms with Gasteiger partial charge in [0.2, 0.25) is 15.6 Å². The lowest BCUT2D eigenvalue weighted by molar-refractivity contribution is -0.124. The van der Waals surface area contributed by atoms with Gasteiger partial charge < -0.3 is 10.6 Å². The van der Waals surface area contributed by atoms with Gasteiger partial charge >= 0.3 is 0 Å². The minimum atomic E-state index is -0.420. The number of hydrogen-bond donors (Lipinski definition) is 2. The zero-order valence-electron chi connectivity index (χ0n) is 6.80. The average Bonchev–Trinajstić information content (AvgIpc) is 2.10. The lowest BCUT2D eigenvalue weighted by atomic mass is 10.5. The SMILES string of the molecule is C=CC(=O)NCC(=O)NCC(=O)I. The molecule has 5 nitrogen and oxygen atoms in total. The van der Waals surface area contributed by atoms with Gasteiger partial charge in [0.1, 0.15) is 0 Å². The second-order valence-electron chi connectivity index (χ2n) is 2.05. The molecule has 0 heterocycles. The standard InChI is InChI=1S/C7H9IN2O3/c1-2-6(12)10-4-7(13)9-3-5(8)11/h2H,1,3-4H2,(H,9,13)(H,10,12). The Morgan fingerprint density at radius 2 is 1.85 bits per heavy atom. The summed E-state index contributed by atoms with van der Waals surface area (Å²) in [5, 5.41) is 4.59. The molecule has 6 heteroatoms. The first kappa shape index (κ1) is 12.1. The summed E-state index contributed by atoms with van der Waals surface area (Å²) in [6.07, 6.45) is 1.07. The highest BCUT2D eigenvalue weighted by Crippen LogP contribution is 1.80. The van der Waals surface area contributed by atoms with Gasteiger partial charge in [-0.15, -0.1) is 0 Å². The molecule has 2 amide bonds. The molecule has 0 unspecified atom stereocenters. The van der Waals surface area contributed by atoms with Crippen molar-refractivity contribution in [2.45, 2.75) is 0 Å². The van der Waals surface area contributed by atoms with Crippen molar-refractivity contribution in [1.82, 2.24) is 10.6 Å². The van der Waals surface area contributed by atoms with Crippen LogP contribution in [0.2, 0.25) is 0 Å². The van der Waals surface area contributed by atoms with Crippen molar-refractivity contribution in [3.63, 3.8) is 0 Å². The van der Waals surface area contributed by atoms with Gasteiger partial charge in [0.25, 0.3) is 0 Å². The van der Waals surface area contributed by atoms with Crippen LogP contribution in [-0.2, 0) is 14.4 Å². The number of nitrogens with one attached hydrogen (secondary N) is 2. The van der Waals surface area contributed by atoms with Gasteiger partial charge in [-0.1, -0.05) is 6.58 Å². The highest BCUT2D eigenvalue weighted by atomic mass is 127. The molecule has 13 heavy (non-hydrogen) atoms. The first-order valence-corrected chi connectivity index (χ1v) is 4.49. The number of halogens is 1. The van der Waals surface area contributed by atoms with Crippen LogP contribution in [-0.4, -0.2) is 28.7 Å². The zero-order valence-corrected chi connectivity index (χ0v) is 8.96. The Balaban J connectivity index is 3.57. The molecule has 0 aromatic carbocycles. The van der Waals surface area contributed by atoms with Crippen molar-refractivity contribution in [3.05, 3.63) is 12.7 Å². The van der Waals surface area contributed by atoms with Gasteiger partial charge in [-0.3, -0.25) is 14.4 Å². The van der Waals surface area contributed by atoms with Crippen LogP contribution in [0, 0.1) is 0 Å². The molecule has 0 saturated heterocycles. The molecular weight excluding hydrogens is 287 g/mol. The fourth-order valence-corrected chi connectivity index (χ4v) is 0.661. The molecule has 0 aromatic rings. The molecule has 2 N–H and O–H groups in total. The van der Waals surface area contributed by atoms with Gasteiger partial charge in [0.15, 0.2) is 0 Å². The van der Waals surface area contributed by atoms with Crippen molar-refractivity contribution in [3.8, 4) is 0 Å². The molecule has 0 aliphatic heterocycles. The Hall–Kier alpha value is -0.920. The number of carbonyl (C=O) groups excluding carboxylic acids is 3. The van der Waals surface area contributed by atoms with E-state index < -0.39 is 11.8 Å². The first-order valence-electron chi connectivity index (χ1n) is 3.41. The summed E-state index contributed by atoms with van der Waals surface area (Å²) in [7, 11) is 0. The van der Waals surface area contributed by atoms with Gasteiger partial charge in [0, 0.05) is 22.6 Å². The molecule has 0 aromatic heterocycles. The highest BCUT2D eigenvalue weighted by Gasteiger charge is 2.03. The van der Waals surface area contributed by atoms with Crippen molar-refractivity contribution >= 4 is 38.2 Å². The lowest BCUT2D eigenvalue weighted by Crippen LogP contribution is -2.37. The summed E-state index contributed by atoms with van der Waals surface area (Å²) in [4.78, 5) is 31.8. The van der Waals surface area contributed by atoms with E-state index in [2.05, 4.69) is 17.2 Å². The van der Waals surface area contributed by atoms with E-state index in [1.54, 1.807) is 22.6 Å². The molecule has 0 aliphatic carbocycles. The molecule has 0 aliphatic rings. The Morgan fingerprint density at radius 3 is 2.31 bits per heavy atom. The van der Waals surface area contributed by atoms with E-state index in [1.165, 1.54) is 0 Å². The van der Waals surface area contributed by atoms with Crippen LogP contribution in [0.3, 0.4) is 0 Å². The van der Waals surface area contributed by atoms with E-state index in [9.17, 15) is 14.4 Å². The van der Waals surface area contributed by atoms with Crippen LogP contribution in [0.5, 0.6) is 0 Å². The molecule has 0 rings (SSSR count). The number of rotatable bonds is 5. The molecule has 0 bridgehead atoms. The Morgan fingerprint density at radius 1 is 1.23 bits per heavy atom. The quantitative estimate of drug-likeness (QED) is 0.403. The largest absolute Gasteiger partial charge is 0.347 e. The van der Waals surface area contributed by atoms with E-state index >= 15 is 0 Å². The maximum Gasteiger partial charge on any atom is 0.243 e. The average molecular weight is 296 g/mol. The Labute approximate surface area is 89.1 Å². The summed E-state index contributed by atoms with van der Waals surface area (Å²) in [5.41, 5.74) is 0. The number of hydrogen-bond acceptors (Lipinski definition) is 3. The van der Waals surface area contributed by atoms with E-state index in [0.29, 0.717) is 0 Å². The summed E-state index contributed by atoms with van der Waals surface area (Å²) in [6, 6.07) is 0. The van der Waals surface area contributed by atoms with Gasteiger partial charge in [-0.05, 0) is 6.08 Å². The van der Waals surface area contributed by atoms with E-state index in [0.717, 1.165) is 6.08 Å². The predicted molar refractivity (Wildman–Crippen MR) is 55.2 cm³/mol. The highest BCUT2D eigenvalue weighted by molar-refractivity contribution is 14.1. The van der Waals surface area contributed by atoms with Crippen molar-refractivity contribution in [1.29, 1.82) is 0 Å². The minimum absolute atomic E-state index is 0.0245. The zero-order chi connectivity index (χ0) is 10.3. The van der Waals surface area contributed by atoms with E-state index in [1.807, 2.05) is 0 Å². The van der Waals surface area contributed by atoms with Gasteiger partial charge in [-0.25, -0.2) is 0 Å². The third-order valence-corrected chi connectivity index (χ3v) is 1.41. The molecule has 0 atom stereocenters. The van der Waals surface area contributed by atoms with Crippen molar-refractivity contribution in [2.75, 3.05) is 13.1 Å². The first-order chi connectivity index (χ1) is 6.06. The van der Waals surface area contributed by atoms with Crippen LogP contribution >= 0.6 is 22.6 Å². The molecule has 0 fully saturated rings. The van der Waals surface area contributed by atoms with Crippen LogP contribution < -0.4 is 10.6 Å². The van der Waals surface area contributed by atoms with Crippen LogP contribution in [0.25, 0.3) is 0 Å². The summed E-state index contributed by atoms with van der Waals surface area (Å²) in [6.45, 7) is 3.05. The molecule has 0 spiro atoms. The Bertz CT molecular complexity index is 240. The van der Waals surface area contributed by atoms with Crippen LogP contribution in [0.15, 0.2) is 12.7 Å². The van der Waals surface area contributed by atoms with E-state index in [-0.39, 0.29) is 16.9 Å². The van der Waals surface area contributed by atoms with Crippen LogP contribution in [0.4, 0.5) is 0 Å². The number of carbonyl (C=O) groups is 3. The lowest BCUT2D eigenvalue weighted by Gasteiger charge is -2.02. The second kappa shape index (κ2) is 6.58. The molecule has 72 valence electrons. The minimum Gasteiger partial charge on any atom is -0.347 e. The number of amides is 2. The fraction of sp³-hybridized carbons (Fsp3) is 0.286. The second-order valence-corrected chi connectivity index (χ2v) is 3.26. The Kier molecular flexibility index (Phi) is 6.11. The third kappa shape index (κ3) is 7.44. The monoisotopic (exact) mass is 296 g/mol. The van der Waals surface area contributed by atoms with E-state index in [4.69, 9.17) is 0 Å². The predicted octanol–water partition coefficient (Wildman–Crippen LogP) is -0.634. The summed E-state index contributed by atoms with van der Waals surface area (Å²) >= 11 is 1.57. The normalized spacial score (nSPS) is 8.69. The van der Waals surface area contributed by atoms with Crippen molar-refractivity contribution in [2.24, 2.45) is 0 Å². The molecular formula is C7H9IN2O3. The van der Waals surface area contributed by atoms with Gasteiger partial charge in [-0.2, -0.15) is 0 Å².